The molecule has 1 heterocycles. The van der Waals surface area contributed by atoms with Crippen molar-refractivity contribution < 1.29 is 28.0 Å². The molecule has 198 valence electrons. The molecule has 0 aliphatic carbocycles. The molecule has 0 spiro atoms. The van der Waals surface area contributed by atoms with Gasteiger partial charge in [-0.15, -0.1) is 0 Å². The summed E-state index contributed by atoms with van der Waals surface area (Å²) in [4.78, 5) is 37.5. The summed E-state index contributed by atoms with van der Waals surface area (Å²) in [5.74, 6) is 0.477. The number of nitrogens with one attached hydrogen (secondary N) is 1. The van der Waals surface area contributed by atoms with E-state index in [1.807, 2.05) is 18.2 Å². The minimum atomic E-state index is -3.77. The summed E-state index contributed by atoms with van der Waals surface area (Å²) in [6, 6.07) is 18.4. The number of aldehydes is 1. The molecule has 0 amide bonds. The van der Waals surface area contributed by atoms with E-state index < -0.39 is 37.5 Å². The second-order valence-electron chi connectivity index (χ2n) is 8.17. The van der Waals surface area contributed by atoms with E-state index in [-0.39, 0.29) is 27.1 Å². The highest BCUT2D eigenvalue weighted by Gasteiger charge is 2.22. The molecule has 0 bridgehead atoms. The molecule has 0 atom stereocenters. The van der Waals surface area contributed by atoms with Gasteiger partial charge in [-0.1, -0.05) is 18.2 Å². The maximum atomic E-state index is 12.7. The van der Waals surface area contributed by atoms with E-state index in [0.29, 0.717) is 17.2 Å². The number of aromatic amines is 1. The molecular weight excluding hydrogens is 546 g/mol. The minimum absolute atomic E-state index is 0.150. The van der Waals surface area contributed by atoms with Crippen LogP contribution in [0.4, 0.5) is 5.69 Å². The molecule has 0 radical (unpaired) electrons. The van der Waals surface area contributed by atoms with Gasteiger partial charge in [-0.05, 0) is 66.8 Å². The predicted octanol–water partition coefficient (Wildman–Crippen LogP) is 4.44. The number of para-hydroxylation sites is 1. The summed E-state index contributed by atoms with van der Waals surface area (Å²) in [5.41, 5.74) is -2.19. The van der Waals surface area contributed by atoms with Crippen LogP contribution in [-0.4, -0.2) is 40.5 Å². The van der Waals surface area contributed by atoms with Crippen molar-refractivity contribution in [2.45, 2.75) is 4.90 Å². The summed E-state index contributed by atoms with van der Waals surface area (Å²) in [7, 11) is -3.77. The highest BCUT2D eigenvalue weighted by Crippen LogP contribution is 2.31. The number of allylic oxidation sites excluding steroid dienone is 1. The molecule has 13 heteroatoms. The van der Waals surface area contributed by atoms with Gasteiger partial charge in [0.1, 0.15) is 17.1 Å². The van der Waals surface area contributed by atoms with Gasteiger partial charge < -0.3 is 9.84 Å². The van der Waals surface area contributed by atoms with E-state index in [9.17, 15) is 33.2 Å². The largest absolute Gasteiger partial charge is 0.494 e. The van der Waals surface area contributed by atoms with E-state index in [2.05, 4.69) is 4.98 Å². The maximum absolute atomic E-state index is 12.7. The zero-order valence-corrected chi connectivity index (χ0v) is 21.7. The molecule has 11 nitrogen and oxygen atoms in total. The van der Waals surface area contributed by atoms with E-state index in [0.717, 1.165) is 35.1 Å². The number of benzene rings is 3. The number of nitro groups is 1. The standard InChI is InChI=1S/C26H19N3O8S2/c1-39(35,36)20-11-12-21(23(14-20)29(33)34)16(15-30)13-22-24(31)27-26(38)28(25(22)32)17-7-9-19(10-8-17)37-18-5-3-2-4-6-18/h2-15,32H,1H3,(H,27,31,38). The van der Waals surface area contributed by atoms with Crippen LogP contribution in [0, 0.1) is 14.9 Å². The molecule has 3 aromatic carbocycles. The number of nitro benzene ring substituents is 1. The second-order valence-corrected chi connectivity index (χ2v) is 10.6. The lowest BCUT2D eigenvalue weighted by molar-refractivity contribution is -0.385. The number of carbonyl (C=O) groups is 1. The van der Waals surface area contributed by atoms with E-state index in [1.54, 1.807) is 36.4 Å². The zero-order valence-electron chi connectivity index (χ0n) is 20.1. The number of hydrogen-bond acceptors (Lipinski definition) is 9. The molecule has 4 rings (SSSR count). The van der Waals surface area contributed by atoms with Crippen LogP contribution in [0.25, 0.3) is 17.3 Å². The van der Waals surface area contributed by atoms with Crippen LogP contribution in [-0.2, 0) is 14.6 Å². The number of aromatic hydroxyl groups is 1. The number of rotatable bonds is 8. The van der Waals surface area contributed by atoms with E-state index in [4.69, 9.17) is 17.0 Å². The van der Waals surface area contributed by atoms with Crippen molar-refractivity contribution in [2.75, 3.05) is 6.26 Å². The van der Waals surface area contributed by atoms with Gasteiger partial charge >= 0.3 is 0 Å². The highest BCUT2D eigenvalue weighted by molar-refractivity contribution is 7.90. The Labute approximate surface area is 226 Å². The Morgan fingerprint density at radius 3 is 2.31 bits per heavy atom. The summed E-state index contributed by atoms with van der Waals surface area (Å²) < 4.78 is 30.4. The lowest BCUT2D eigenvalue weighted by atomic mass is 10.0. The Bertz CT molecular complexity index is 1840. The van der Waals surface area contributed by atoms with Crippen LogP contribution >= 0.6 is 12.2 Å². The van der Waals surface area contributed by atoms with Crippen LogP contribution in [0.15, 0.2) is 82.5 Å². The van der Waals surface area contributed by atoms with E-state index >= 15 is 0 Å². The van der Waals surface area contributed by atoms with Gasteiger partial charge in [-0.3, -0.25) is 29.3 Å². The number of aromatic nitrogens is 2. The predicted molar refractivity (Wildman–Crippen MR) is 146 cm³/mol. The Morgan fingerprint density at radius 1 is 1.08 bits per heavy atom. The Morgan fingerprint density at radius 2 is 1.72 bits per heavy atom. The first-order valence-corrected chi connectivity index (χ1v) is 13.4. The van der Waals surface area contributed by atoms with Gasteiger partial charge in [0.25, 0.3) is 11.2 Å². The van der Waals surface area contributed by atoms with Crippen molar-refractivity contribution in [3.05, 3.63) is 109 Å². The zero-order chi connectivity index (χ0) is 28.3. The summed E-state index contributed by atoms with van der Waals surface area (Å²) >= 11 is 5.23. The summed E-state index contributed by atoms with van der Waals surface area (Å²) in [5, 5.41) is 22.7. The summed E-state index contributed by atoms with van der Waals surface area (Å²) in [6.45, 7) is 0. The van der Waals surface area contributed by atoms with Gasteiger partial charge in [-0.25, -0.2) is 8.42 Å². The van der Waals surface area contributed by atoms with Crippen LogP contribution in [0.1, 0.15) is 11.1 Å². The average Bonchev–Trinajstić information content (AvgIpc) is 2.89. The van der Waals surface area contributed by atoms with Crippen molar-refractivity contribution in [3.8, 4) is 23.1 Å². The topological polar surface area (TPSA) is 162 Å². The molecule has 0 aliphatic heterocycles. The SMILES string of the molecule is CS(=O)(=O)c1ccc(C(C=O)=Cc2c(O)n(-c3ccc(Oc4ccccc4)cc3)c(=S)[nH]c2=O)c([N+](=O)[O-])c1. The third kappa shape index (κ3) is 5.84. The molecule has 4 aromatic rings. The molecule has 0 aliphatic rings. The second kappa shape index (κ2) is 10.8. The lowest BCUT2D eigenvalue weighted by Gasteiger charge is -2.13. The van der Waals surface area contributed by atoms with Gasteiger partial charge in [0.2, 0.25) is 5.88 Å². The molecule has 0 unspecified atom stereocenters. The highest BCUT2D eigenvalue weighted by atomic mass is 32.2. The first-order chi connectivity index (χ1) is 18.5. The number of sulfone groups is 1. The Hall–Kier alpha value is -4.88. The first-order valence-electron chi connectivity index (χ1n) is 11.1. The van der Waals surface area contributed by atoms with Gasteiger partial charge in [-0.2, -0.15) is 0 Å². The molecular formula is C26H19N3O8S2. The lowest BCUT2D eigenvalue weighted by Crippen LogP contribution is -2.16. The molecule has 0 saturated heterocycles. The molecule has 0 fully saturated rings. The maximum Gasteiger partial charge on any atom is 0.278 e. The fourth-order valence-electron chi connectivity index (χ4n) is 3.66. The van der Waals surface area contributed by atoms with Gasteiger partial charge in [0, 0.05) is 17.9 Å². The summed E-state index contributed by atoms with van der Waals surface area (Å²) in [6.07, 6.45) is 2.10. The molecule has 39 heavy (non-hydrogen) atoms. The van der Waals surface area contributed by atoms with Crippen molar-refractivity contribution in [3.63, 3.8) is 0 Å². The van der Waals surface area contributed by atoms with Crippen LogP contribution in [0.3, 0.4) is 0 Å². The monoisotopic (exact) mass is 565 g/mol. The fourth-order valence-corrected chi connectivity index (χ4v) is 4.59. The Balaban J connectivity index is 1.80. The number of hydrogen-bond donors (Lipinski definition) is 2. The normalized spacial score (nSPS) is 11.7. The number of nitrogens with zero attached hydrogens (tertiary/aromatic N) is 2. The number of ether oxygens (including phenoxy) is 1. The molecule has 1 aromatic heterocycles. The smallest absolute Gasteiger partial charge is 0.278 e. The number of H-pyrrole nitrogens is 1. The van der Waals surface area contributed by atoms with E-state index in [1.165, 1.54) is 0 Å². The third-order valence-corrected chi connectivity index (χ3v) is 6.92. The van der Waals surface area contributed by atoms with Crippen molar-refractivity contribution in [1.29, 1.82) is 0 Å². The van der Waals surface area contributed by atoms with Crippen molar-refractivity contribution >= 4 is 45.7 Å². The number of carbonyl (C=O) groups excluding carboxylic acids is 1. The van der Waals surface area contributed by atoms with Gasteiger partial charge in [0.05, 0.1) is 21.1 Å². The van der Waals surface area contributed by atoms with Crippen LogP contribution in [0.5, 0.6) is 17.4 Å². The molecule has 0 saturated carbocycles. The fraction of sp³-hybridized carbons (Fsp3) is 0.0385. The van der Waals surface area contributed by atoms with Gasteiger partial charge in [0.15, 0.2) is 20.9 Å². The van der Waals surface area contributed by atoms with Crippen molar-refractivity contribution in [1.82, 2.24) is 9.55 Å². The molecule has 2 N–H and O–H groups in total. The van der Waals surface area contributed by atoms with Crippen molar-refractivity contribution in [2.24, 2.45) is 0 Å². The third-order valence-electron chi connectivity index (χ3n) is 5.53. The van der Waals surface area contributed by atoms with Crippen LogP contribution in [0.2, 0.25) is 0 Å². The minimum Gasteiger partial charge on any atom is -0.494 e. The first kappa shape index (κ1) is 27.2. The Kier molecular flexibility index (Phi) is 7.56. The quantitative estimate of drug-likeness (QED) is 0.103. The average molecular weight is 566 g/mol. The van der Waals surface area contributed by atoms with Crippen LogP contribution < -0.4 is 10.3 Å².